The summed E-state index contributed by atoms with van der Waals surface area (Å²) in [5, 5.41) is 22.8. The number of anilines is 1. The van der Waals surface area contributed by atoms with Crippen molar-refractivity contribution in [3.05, 3.63) is 27.9 Å². The minimum atomic E-state index is -0.455. The lowest BCUT2D eigenvalue weighted by molar-refractivity contribution is -0.385. The summed E-state index contributed by atoms with van der Waals surface area (Å²) in [6.45, 7) is 6.04. The molecule has 0 amide bonds. The van der Waals surface area contributed by atoms with Crippen LogP contribution in [0.25, 0.3) is 0 Å². The molecular formula is C11H17N3O3. The Labute approximate surface area is 99.8 Å². The van der Waals surface area contributed by atoms with E-state index in [1.165, 1.54) is 6.07 Å². The normalized spacial score (nSPS) is 11.3. The predicted molar refractivity (Wildman–Crippen MR) is 65.0 cm³/mol. The molecule has 0 unspecified atom stereocenters. The lowest BCUT2D eigenvalue weighted by Gasteiger charge is -2.22. The van der Waals surface area contributed by atoms with Crippen molar-refractivity contribution in [3.8, 4) is 0 Å². The van der Waals surface area contributed by atoms with Crippen LogP contribution >= 0.6 is 0 Å². The number of nitrogens with zero attached hydrogens (tertiary/aromatic N) is 2. The van der Waals surface area contributed by atoms with E-state index in [0.29, 0.717) is 18.1 Å². The van der Waals surface area contributed by atoms with Crippen molar-refractivity contribution in [2.75, 3.05) is 18.5 Å². The summed E-state index contributed by atoms with van der Waals surface area (Å²) in [6, 6.07) is 3.00. The highest BCUT2D eigenvalue weighted by Crippen LogP contribution is 2.19. The third-order valence-electron chi connectivity index (χ3n) is 2.43. The van der Waals surface area contributed by atoms with Crippen molar-refractivity contribution in [2.24, 2.45) is 5.41 Å². The van der Waals surface area contributed by atoms with Crippen LogP contribution in [0.4, 0.5) is 11.5 Å². The zero-order chi connectivity index (χ0) is 13.1. The van der Waals surface area contributed by atoms with Crippen LogP contribution in [-0.4, -0.2) is 28.2 Å². The smallest absolute Gasteiger partial charge is 0.290 e. The Kier molecular flexibility index (Phi) is 4.01. The SMILES string of the molecule is Cc1nc(NCC(C)(C)CO)ccc1[N+](=O)[O-]. The lowest BCUT2D eigenvalue weighted by Crippen LogP contribution is -2.27. The van der Waals surface area contributed by atoms with Crippen molar-refractivity contribution in [3.63, 3.8) is 0 Å². The Morgan fingerprint density at radius 2 is 2.18 bits per heavy atom. The number of hydrogen-bond acceptors (Lipinski definition) is 5. The van der Waals surface area contributed by atoms with E-state index in [2.05, 4.69) is 10.3 Å². The van der Waals surface area contributed by atoms with Gasteiger partial charge in [0, 0.05) is 24.6 Å². The van der Waals surface area contributed by atoms with Crippen molar-refractivity contribution in [1.82, 2.24) is 4.98 Å². The topological polar surface area (TPSA) is 88.3 Å². The number of nitro groups is 1. The highest BCUT2D eigenvalue weighted by molar-refractivity contribution is 5.44. The molecule has 1 aromatic rings. The molecule has 0 atom stereocenters. The van der Waals surface area contributed by atoms with Gasteiger partial charge in [-0.1, -0.05) is 13.8 Å². The van der Waals surface area contributed by atoms with Gasteiger partial charge >= 0.3 is 0 Å². The molecule has 0 aliphatic rings. The Balaban J connectivity index is 2.75. The van der Waals surface area contributed by atoms with E-state index >= 15 is 0 Å². The van der Waals surface area contributed by atoms with Crippen molar-refractivity contribution >= 4 is 11.5 Å². The molecule has 0 fully saturated rings. The number of pyridine rings is 1. The van der Waals surface area contributed by atoms with Gasteiger partial charge in [0.15, 0.2) is 0 Å². The van der Waals surface area contributed by atoms with E-state index in [1.807, 2.05) is 13.8 Å². The van der Waals surface area contributed by atoms with E-state index in [0.717, 1.165) is 0 Å². The zero-order valence-corrected chi connectivity index (χ0v) is 10.2. The molecule has 1 rings (SSSR count). The van der Waals surface area contributed by atoms with Gasteiger partial charge in [0.2, 0.25) is 0 Å². The molecule has 0 spiro atoms. The molecule has 0 aromatic carbocycles. The van der Waals surface area contributed by atoms with Gasteiger partial charge < -0.3 is 10.4 Å². The van der Waals surface area contributed by atoms with Crippen LogP contribution in [-0.2, 0) is 0 Å². The van der Waals surface area contributed by atoms with Crippen LogP contribution in [0, 0.1) is 22.5 Å². The molecule has 6 nitrogen and oxygen atoms in total. The molecule has 1 heterocycles. The highest BCUT2D eigenvalue weighted by atomic mass is 16.6. The van der Waals surface area contributed by atoms with Crippen LogP contribution < -0.4 is 5.32 Å². The summed E-state index contributed by atoms with van der Waals surface area (Å²) in [6.07, 6.45) is 0. The predicted octanol–water partition coefficient (Wildman–Crippen LogP) is 1.73. The van der Waals surface area contributed by atoms with Crippen molar-refractivity contribution in [1.29, 1.82) is 0 Å². The van der Waals surface area contributed by atoms with Gasteiger partial charge in [-0.05, 0) is 13.0 Å². The van der Waals surface area contributed by atoms with E-state index in [9.17, 15) is 10.1 Å². The van der Waals surface area contributed by atoms with E-state index < -0.39 is 4.92 Å². The largest absolute Gasteiger partial charge is 0.396 e. The van der Waals surface area contributed by atoms with Crippen LogP contribution in [0.3, 0.4) is 0 Å². The Hall–Kier alpha value is -1.69. The number of aliphatic hydroxyl groups is 1. The Morgan fingerprint density at radius 3 is 2.65 bits per heavy atom. The molecule has 94 valence electrons. The maximum Gasteiger partial charge on any atom is 0.290 e. The fraction of sp³-hybridized carbons (Fsp3) is 0.545. The Morgan fingerprint density at radius 1 is 1.53 bits per heavy atom. The first-order valence-electron chi connectivity index (χ1n) is 5.32. The Bertz CT molecular complexity index is 418. The summed E-state index contributed by atoms with van der Waals surface area (Å²) in [5.41, 5.74) is 0.135. The van der Waals surface area contributed by atoms with E-state index in [-0.39, 0.29) is 17.7 Å². The van der Waals surface area contributed by atoms with Crippen LogP contribution in [0.2, 0.25) is 0 Å². The second-order valence-corrected chi connectivity index (χ2v) is 4.73. The number of aryl methyl sites for hydroxylation is 1. The fourth-order valence-corrected chi connectivity index (χ4v) is 1.23. The molecule has 0 aliphatic heterocycles. The standard InChI is InChI=1S/C11H17N3O3/c1-8-9(14(16)17)4-5-10(13-8)12-6-11(2,3)7-15/h4-5,15H,6-7H2,1-3H3,(H,12,13). The third kappa shape index (κ3) is 3.67. The van der Waals surface area contributed by atoms with Gasteiger partial charge in [-0.25, -0.2) is 4.98 Å². The second kappa shape index (κ2) is 5.09. The minimum absolute atomic E-state index is 0.0111. The maximum atomic E-state index is 10.6. The molecule has 1 aromatic heterocycles. The number of aromatic nitrogens is 1. The number of nitrogens with one attached hydrogen (secondary N) is 1. The first kappa shape index (κ1) is 13.4. The van der Waals surface area contributed by atoms with Crippen molar-refractivity contribution < 1.29 is 10.0 Å². The molecule has 0 radical (unpaired) electrons. The van der Waals surface area contributed by atoms with Gasteiger partial charge in [-0.2, -0.15) is 0 Å². The zero-order valence-electron chi connectivity index (χ0n) is 10.2. The summed E-state index contributed by atoms with van der Waals surface area (Å²) in [4.78, 5) is 14.3. The number of rotatable bonds is 5. The van der Waals surface area contributed by atoms with E-state index in [4.69, 9.17) is 5.11 Å². The summed E-state index contributed by atoms with van der Waals surface area (Å²) >= 11 is 0. The molecule has 0 bridgehead atoms. The summed E-state index contributed by atoms with van der Waals surface area (Å²) in [7, 11) is 0. The molecule has 17 heavy (non-hydrogen) atoms. The molecule has 0 aliphatic carbocycles. The molecular weight excluding hydrogens is 222 g/mol. The molecule has 2 N–H and O–H groups in total. The quantitative estimate of drug-likeness (QED) is 0.603. The van der Waals surface area contributed by atoms with Gasteiger partial charge in [-0.3, -0.25) is 10.1 Å². The van der Waals surface area contributed by atoms with Crippen LogP contribution in [0.1, 0.15) is 19.5 Å². The highest BCUT2D eigenvalue weighted by Gasteiger charge is 2.17. The first-order valence-corrected chi connectivity index (χ1v) is 5.32. The first-order chi connectivity index (χ1) is 7.85. The summed E-state index contributed by atoms with van der Waals surface area (Å²) < 4.78 is 0. The monoisotopic (exact) mass is 239 g/mol. The van der Waals surface area contributed by atoms with Gasteiger partial charge in [0.05, 0.1) is 4.92 Å². The lowest BCUT2D eigenvalue weighted by atomic mass is 9.95. The number of hydrogen-bond donors (Lipinski definition) is 2. The molecule has 6 heteroatoms. The van der Waals surface area contributed by atoms with Crippen molar-refractivity contribution in [2.45, 2.75) is 20.8 Å². The number of aliphatic hydroxyl groups excluding tert-OH is 1. The second-order valence-electron chi connectivity index (χ2n) is 4.73. The van der Waals surface area contributed by atoms with Crippen LogP contribution in [0.15, 0.2) is 12.1 Å². The molecule has 0 saturated carbocycles. The summed E-state index contributed by atoms with van der Waals surface area (Å²) in [5.74, 6) is 0.578. The minimum Gasteiger partial charge on any atom is -0.396 e. The van der Waals surface area contributed by atoms with Gasteiger partial charge in [0.25, 0.3) is 5.69 Å². The van der Waals surface area contributed by atoms with Gasteiger partial charge in [-0.15, -0.1) is 0 Å². The van der Waals surface area contributed by atoms with E-state index in [1.54, 1.807) is 13.0 Å². The average molecular weight is 239 g/mol. The van der Waals surface area contributed by atoms with Crippen LogP contribution in [0.5, 0.6) is 0 Å². The third-order valence-corrected chi connectivity index (χ3v) is 2.43. The van der Waals surface area contributed by atoms with Gasteiger partial charge in [0.1, 0.15) is 11.5 Å². The molecule has 0 saturated heterocycles. The average Bonchev–Trinajstić information content (AvgIpc) is 2.26. The maximum absolute atomic E-state index is 10.6. The fourth-order valence-electron chi connectivity index (χ4n) is 1.23.